The van der Waals surface area contributed by atoms with Gasteiger partial charge in [0.15, 0.2) is 6.20 Å². The minimum absolute atomic E-state index is 1.04. The minimum atomic E-state index is 1.04. The van der Waals surface area contributed by atoms with E-state index in [-0.39, 0.29) is 0 Å². The van der Waals surface area contributed by atoms with Crippen molar-refractivity contribution in [2.45, 2.75) is 6.42 Å². The molecule has 1 N–H and O–H groups in total. The number of hydrogen-bond acceptors (Lipinski definition) is 1. The molecule has 0 aliphatic heterocycles. The molecule has 0 amide bonds. The van der Waals surface area contributed by atoms with E-state index in [1.807, 2.05) is 11.6 Å². The molecule has 0 fully saturated rings. The molecule has 0 aliphatic rings. The molecule has 0 radical (unpaired) electrons. The van der Waals surface area contributed by atoms with E-state index in [4.69, 9.17) is 0 Å². The first kappa shape index (κ1) is 7.50. The molecule has 2 rings (SSSR count). The topological polar surface area (TPSA) is 14.1 Å². The number of H-pyrrole nitrogens is 1. The van der Waals surface area contributed by atoms with Crippen LogP contribution in [-0.2, 0) is 6.42 Å². The second-order valence-electron chi connectivity index (χ2n) is 2.68. The van der Waals surface area contributed by atoms with E-state index in [1.54, 1.807) is 11.3 Å². The molecular weight excluding hydrogens is 166 g/mol. The molecule has 0 saturated carbocycles. The van der Waals surface area contributed by atoms with E-state index in [9.17, 15) is 0 Å². The van der Waals surface area contributed by atoms with Crippen LogP contribution in [0.5, 0.6) is 0 Å². The summed E-state index contributed by atoms with van der Waals surface area (Å²) in [5, 5.41) is 0. The number of hydrogen-bond donors (Lipinski definition) is 0. The number of thiazole rings is 1. The molecule has 1 heterocycles. The first-order valence-electron chi connectivity index (χ1n) is 3.92. The third-order valence-electron chi connectivity index (χ3n) is 1.74. The van der Waals surface area contributed by atoms with Gasteiger partial charge in [-0.2, -0.15) is 0 Å². The van der Waals surface area contributed by atoms with Crippen LogP contribution >= 0.6 is 11.3 Å². The average Bonchev–Trinajstić information content (AvgIpc) is 2.59. The number of aromatic nitrogens is 1. The Kier molecular flexibility index (Phi) is 2.19. The van der Waals surface area contributed by atoms with Gasteiger partial charge in [-0.3, -0.25) is 0 Å². The molecule has 1 nitrogen and oxygen atoms in total. The van der Waals surface area contributed by atoms with Crippen molar-refractivity contribution in [1.82, 2.24) is 0 Å². The Bertz CT molecular complexity index is 326. The normalized spacial score (nSPS) is 10.0. The van der Waals surface area contributed by atoms with Crippen LogP contribution in [0, 0.1) is 0 Å². The first-order chi connectivity index (χ1) is 5.95. The third-order valence-corrected chi connectivity index (χ3v) is 2.56. The Morgan fingerprint density at radius 2 is 2.00 bits per heavy atom. The standard InChI is InChI=1S/C10H9NS/c1-2-4-9(5-3-1)6-10-7-11-8-12-10/h1-5,7-8H,6H2/p+1. The predicted molar refractivity (Wildman–Crippen MR) is 50.1 cm³/mol. The maximum Gasteiger partial charge on any atom is 0.223 e. The molecule has 0 unspecified atom stereocenters. The van der Waals surface area contributed by atoms with Crippen molar-refractivity contribution in [3.05, 3.63) is 52.5 Å². The Hall–Kier alpha value is -1.15. The summed E-state index contributed by atoms with van der Waals surface area (Å²) in [5.74, 6) is 0. The summed E-state index contributed by atoms with van der Waals surface area (Å²) in [5.41, 5.74) is 3.37. The van der Waals surface area contributed by atoms with Crippen molar-refractivity contribution in [3.63, 3.8) is 0 Å². The maximum absolute atomic E-state index is 3.07. The largest absolute Gasteiger partial charge is 0.223 e. The van der Waals surface area contributed by atoms with Crippen molar-refractivity contribution < 1.29 is 4.98 Å². The second kappa shape index (κ2) is 3.50. The quantitative estimate of drug-likeness (QED) is 0.665. The zero-order valence-electron chi connectivity index (χ0n) is 6.66. The molecule has 12 heavy (non-hydrogen) atoms. The van der Waals surface area contributed by atoms with E-state index in [1.165, 1.54) is 10.4 Å². The van der Waals surface area contributed by atoms with Gasteiger partial charge >= 0.3 is 0 Å². The average molecular weight is 176 g/mol. The zero-order chi connectivity index (χ0) is 8.23. The molecule has 0 atom stereocenters. The van der Waals surface area contributed by atoms with Crippen LogP contribution in [0.1, 0.15) is 10.4 Å². The maximum atomic E-state index is 3.07. The fourth-order valence-electron chi connectivity index (χ4n) is 1.16. The highest BCUT2D eigenvalue weighted by molar-refractivity contribution is 7.09. The number of rotatable bonds is 2. The summed E-state index contributed by atoms with van der Waals surface area (Å²) < 4.78 is 0. The number of benzene rings is 1. The fraction of sp³-hybridized carbons (Fsp3) is 0.100. The van der Waals surface area contributed by atoms with Gasteiger partial charge in [-0.1, -0.05) is 41.7 Å². The highest BCUT2D eigenvalue weighted by atomic mass is 32.1. The fourth-order valence-corrected chi connectivity index (χ4v) is 1.83. The molecular formula is C10H10NS+. The lowest BCUT2D eigenvalue weighted by atomic mass is 10.1. The van der Waals surface area contributed by atoms with Crippen LogP contribution < -0.4 is 4.98 Å². The van der Waals surface area contributed by atoms with Gasteiger partial charge in [0.25, 0.3) is 0 Å². The van der Waals surface area contributed by atoms with Crippen molar-refractivity contribution in [2.75, 3.05) is 0 Å². The van der Waals surface area contributed by atoms with Crippen LogP contribution in [0.2, 0.25) is 0 Å². The molecule has 60 valence electrons. The van der Waals surface area contributed by atoms with Crippen molar-refractivity contribution >= 4 is 11.3 Å². The van der Waals surface area contributed by atoms with Crippen LogP contribution in [0.15, 0.2) is 42.0 Å². The Labute approximate surface area is 75.7 Å². The number of aromatic amines is 1. The zero-order valence-corrected chi connectivity index (χ0v) is 7.47. The Morgan fingerprint density at radius 1 is 1.17 bits per heavy atom. The lowest BCUT2D eigenvalue weighted by Crippen LogP contribution is -1.91. The minimum Gasteiger partial charge on any atom is -0.208 e. The lowest BCUT2D eigenvalue weighted by Gasteiger charge is -1.93. The third kappa shape index (κ3) is 1.71. The highest BCUT2D eigenvalue weighted by Crippen LogP contribution is 2.10. The van der Waals surface area contributed by atoms with Crippen molar-refractivity contribution in [2.24, 2.45) is 0 Å². The van der Waals surface area contributed by atoms with Gasteiger partial charge in [-0.05, 0) is 5.56 Å². The smallest absolute Gasteiger partial charge is 0.208 e. The molecule has 0 spiro atoms. The van der Waals surface area contributed by atoms with Crippen LogP contribution in [0.25, 0.3) is 0 Å². The molecule has 1 aromatic heterocycles. The molecule has 0 saturated heterocycles. The van der Waals surface area contributed by atoms with Gasteiger partial charge in [0.2, 0.25) is 5.51 Å². The van der Waals surface area contributed by atoms with E-state index >= 15 is 0 Å². The summed E-state index contributed by atoms with van der Waals surface area (Å²) in [6, 6.07) is 10.5. The summed E-state index contributed by atoms with van der Waals surface area (Å²) >= 11 is 1.76. The SMILES string of the molecule is c1ccc(Cc2c[nH+]cs2)cc1. The molecule has 2 aromatic rings. The van der Waals surface area contributed by atoms with E-state index in [0.717, 1.165) is 6.42 Å². The van der Waals surface area contributed by atoms with E-state index < -0.39 is 0 Å². The number of nitrogens with one attached hydrogen (secondary N) is 1. The Morgan fingerprint density at radius 3 is 2.67 bits per heavy atom. The van der Waals surface area contributed by atoms with Gasteiger partial charge in [0, 0.05) is 6.42 Å². The molecule has 1 aromatic carbocycles. The Balaban J connectivity index is 2.15. The molecule has 0 bridgehead atoms. The van der Waals surface area contributed by atoms with Gasteiger partial charge in [0.05, 0.1) is 4.88 Å². The lowest BCUT2D eigenvalue weighted by molar-refractivity contribution is -0.371. The monoisotopic (exact) mass is 176 g/mol. The highest BCUT2D eigenvalue weighted by Gasteiger charge is 1.99. The predicted octanol–water partition coefficient (Wildman–Crippen LogP) is 2.15. The van der Waals surface area contributed by atoms with Crippen LogP contribution in [0.4, 0.5) is 0 Å². The molecule has 2 heteroatoms. The van der Waals surface area contributed by atoms with Crippen LogP contribution in [0.3, 0.4) is 0 Å². The summed E-state index contributed by atoms with van der Waals surface area (Å²) in [6.07, 6.45) is 3.09. The summed E-state index contributed by atoms with van der Waals surface area (Å²) in [4.78, 5) is 4.44. The van der Waals surface area contributed by atoms with Crippen molar-refractivity contribution in [3.8, 4) is 0 Å². The van der Waals surface area contributed by atoms with Crippen molar-refractivity contribution in [1.29, 1.82) is 0 Å². The van der Waals surface area contributed by atoms with Gasteiger partial charge in [-0.15, -0.1) is 0 Å². The van der Waals surface area contributed by atoms with E-state index in [0.29, 0.717) is 0 Å². The second-order valence-corrected chi connectivity index (χ2v) is 3.67. The summed E-state index contributed by atoms with van der Waals surface area (Å²) in [6.45, 7) is 0. The first-order valence-corrected chi connectivity index (χ1v) is 4.80. The summed E-state index contributed by atoms with van der Waals surface area (Å²) in [7, 11) is 0. The van der Waals surface area contributed by atoms with E-state index in [2.05, 4.69) is 35.4 Å². The molecule has 0 aliphatic carbocycles. The van der Waals surface area contributed by atoms with Gasteiger partial charge < -0.3 is 0 Å². The van der Waals surface area contributed by atoms with Gasteiger partial charge in [-0.25, -0.2) is 4.98 Å². The van der Waals surface area contributed by atoms with Gasteiger partial charge in [0.1, 0.15) is 0 Å². The van der Waals surface area contributed by atoms with Crippen LogP contribution in [-0.4, -0.2) is 0 Å².